The topological polar surface area (TPSA) is 50.4 Å². The number of amides is 1. The number of methoxy groups -OCH3 is 1. The van der Waals surface area contributed by atoms with Crippen molar-refractivity contribution in [3.8, 4) is 5.75 Å². The monoisotopic (exact) mass is 332 g/mol. The number of rotatable bonds is 8. The Bertz CT molecular complexity index is 495. The first-order valence-corrected chi connectivity index (χ1v) is 9.21. The fraction of sp³-hybridized carbons (Fsp3) is 0.650. The van der Waals surface area contributed by atoms with Crippen molar-refractivity contribution in [1.29, 1.82) is 0 Å². The van der Waals surface area contributed by atoms with Gasteiger partial charge in [-0.1, -0.05) is 26.0 Å². The van der Waals surface area contributed by atoms with Crippen LogP contribution in [0.4, 0.5) is 0 Å². The van der Waals surface area contributed by atoms with Crippen LogP contribution in [0.15, 0.2) is 24.3 Å². The van der Waals surface area contributed by atoms with Crippen molar-refractivity contribution in [3.05, 3.63) is 29.8 Å². The van der Waals surface area contributed by atoms with Gasteiger partial charge in [0.2, 0.25) is 5.91 Å². The van der Waals surface area contributed by atoms with Gasteiger partial charge in [0.25, 0.3) is 0 Å². The highest BCUT2D eigenvalue weighted by Gasteiger charge is 2.21. The average Bonchev–Trinajstić information content (AvgIpc) is 2.62. The second-order valence-corrected chi connectivity index (χ2v) is 7.08. The summed E-state index contributed by atoms with van der Waals surface area (Å²) >= 11 is 0. The molecule has 1 aliphatic rings. The molecule has 1 heterocycles. The van der Waals surface area contributed by atoms with Crippen molar-refractivity contribution in [3.63, 3.8) is 0 Å². The van der Waals surface area contributed by atoms with Crippen LogP contribution in [-0.2, 0) is 4.79 Å². The van der Waals surface area contributed by atoms with Gasteiger partial charge < -0.3 is 15.4 Å². The van der Waals surface area contributed by atoms with Crippen LogP contribution in [-0.4, -0.2) is 32.7 Å². The van der Waals surface area contributed by atoms with Crippen LogP contribution in [0.5, 0.6) is 5.75 Å². The Morgan fingerprint density at radius 1 is 1.25 bits per heavy atom. The van der Waals surface area contributed by atoms with E-state index in [9.17, 15) is 4.79 Å². The van der Waals surface area contributed by atoms with Gasteiger partial charge in [0.1, 0.15) is 5.75 Å². The number of hydrogen-bond acceptors (Lipinski definition) is 3. The number of carbonyl (C=O) groups is 1. The maximum atomic E-state index is 12.2. The minimum Gasteiger partial charge on any atom is -0.497 e. The Morgan fingerprint density at radius 2 is 1.92 bits per heavy atom. The van der Waals surface area contributed by atoms with Gasteiger partial charge in [-0.25, -0.2) is 0 Å². The van der Waals surface area contributed by atoms with Crippen molar-refractivity contribution in [2.24, 2.45) is 11.8 Å². The molecule has 4 nitrogen and oxygen atoms in total. The van der Waals surface area contributed by atoms with Gasteiger partial charge in [-0.2, -0.15) is 0 Å². The molecule has 0 saturated carbocycles. The van der Waals surface area contributed by atoms with Crippen LogP contribution in [0.3, 0.4) is 0 Å². The van der Waals surface area contributed by atoms with Gasteiger partial charge in [0, 0.05) is 13.0 Å². The number of ether oxygens (including phenoxy) is 1. The largest absolute Gasteiger partial charge is 0.497 e. The maximum Gasteiger partial charge on any atom is 0.220 e. The summed E-state index contributed by atoms with van der Waals surface area (Å²) in [4.78, 5) is 12.2. The predicted octanol–water partition coefficient (Wildman–Crippen LogP) is 3.33. The highest BCUT2D eigenvalue weighted by molar-refractivity contribution is 5.76. The van der Waals surface area contributed by atoms with E-state index in [1.807, 2.05) is 12.1 Å². The molecule has 2 atom stereocenters. The Labute approximate surface area is 146 Å². The first kappa shape index (κ1) is 18.8. The molecule has 2 rings (SSSR count). The zero-order valence-corrected chi connectivity index (χ0v) is 15.3. The lowest BCUT2D eigenvalue weighted by Crippen LogP contribution is -2.33. The number of hydrogen-bond donors (Lipinski definition) is 2. The van der Waals surface area contributed by atoms with E-state index in [-0.39, 0.29) is 5.91 Å². The maximum absolute atomic E-state index is 12.2. The zero-order chi connectivity index (χ0) is 17.4. The lowest BCUT2D eigenvalue weighted by molar-refractivity contribution is -0.122. The smallest absolute Gasteiger partial charge is 0.220 e. The summed E-state index contributed by atoms with van der Waals surface area (Å²) in [5.74, 6) is 2.67. The molecule has 1 aromatic carbocycles. The summed E-state index contributed by atoms with van der Waals surface area (Å²) in [6, 6.07) is 8.19. The van der Waals surface area contributed by atoms with Crippen molar-refractivity contribution in [2.45, 2.75) is 45.4 Å². The van der Waals surface area contributed by atoms with E-state index in [1.165, 1.54) is 18.4 Å². The quantitative estimate of drug-likeness (QED) is 0.768. The molecule has 1 fully saturated rings. The van der Waals surface area contributed by atoms with Gasteiger partial charge in [-0.3, -0.25) is 4.79 Å². The molecular formula is C20H32N2O2. The van der Waals surface area contributed by atoms with Crippen molar-refractivity contribution < 1.29 is 9.53 Å². The Balaban J connectivity index is 1.67. The lowest BCUT2D eigenvalue weighted by atomic mass is 9.84. The van der Waals surface area contributed by atoms with Gasteiger partial charge >= 0.3 is 0 Å². The van der Waals surface area contributed by atoms with Crippen LogP contribution in [0.1, 0.15) is 51.0 Å². The number of benzene rings is 1. The molecule has 0 aromatic heterocycles. The van der Waals surface area contributed by atoms with Crippen LogP contribution < -0.4 is 15.4 Å². The molecule has 0 radical (unpaired) electrons. The minimum absolute atomic E-state index is 0.197. The van der Waals surface area contributed by atoms with E-state index in [1.54, 1.807) is 7.11 Å². The van der Waals surface area contributed by atoms with E-state index >= 15 is 0 Å². The van der Waals surface area contributed by atoms with Crippen LogP contribution >= 0.6 is 0 Å². The highest BCUT2D eigenvalue weighted by Crippen LogP contribution is 2.24. The first-order valence-electron chi connectivity index (χ1n) is 9.21. The van der Waals surface area contributed by atoms with Crippen LogP contribution in [0, 0.1) is 11.8 Å². The Hall–Kier alpha value is -1.55. The van der Waals surface area contributed by atoms with E-state index < -0.39 is 0 Å². The first-order chi connectivity index (χ1) is 11.6. The minimum atomic E-state index is 0.197. The normalized spacial score (nSPS) is 18.0. The fourth-order valence-electron chi connectivity index (χ4n) is 3.47. The molecule has 0 aliphatic carbocycles. The SMILES string of the molecule is COc1ccc(C(C)CCNC(=O)CC(C)C2CCNCC2)cc1. The summed E-state index contributed by atoms with van der Waals surface area (Å²) in [5.41, 5.74) is 1.29. The third-order valence-electron chi connectivity index (χ3n) is 5.28. The molecule has 1 amide bonds. The van der Waals surface area contributed by atoms with Crippen molar-refractivity contribution >= 4 is 5.91 Å². The second-order valence-electron chi connectivity index (χ2n) is 7.08. The van der Waals surface area contributed by atoms with E-state index in [2.05, 4.69) is 36.6 Å². The van der Waals surface area contributed by atoms with Gasteiger partial charge in [0.05, 0.1) is 7.11 Å². The summed E-state index contributed by atoms with van der Waals surface area (Å²) < 4.78 is 5.19. The van der Waals surface area contributed by atoms with E-state index in [0.717, 1.165) is 31.8 Å². The standard InChI is InChI=1S/C20H32N2O2/c1-15(17-4-6-19(24-3)7-5-17)8-13-22-20(23)14-16(2)18-9-11-21-12-10-18/h4-7,15-16,18,21H,8-14H2,1-3H3,(H,22,23). The number of carbonyl (C=O) groups excluding carboxylic acids is 1. The Morgan fingerprint density at radius 3 is 2.54 bits per heavy atom. The summed E-state index contributed by atoms with van der Waals surface area (Å²) in [5, 5.41) is 6.48. The zero-order valence-electron chi connectivity index (χ0n) is 15.3. The summed E-state index contributed by atoms with van der Waals surface area (Å²) in [6.45, 7) is 7.35. The molecular weight excluding hydrogens is 300 g/mol. The third-order valence-corrected chi connectivity index (χ3v) is 5.28. The Kier molecular flexibility index (Phi) is 7.57. The molecule has 4 heteroatoms. The van der Waals surface area contributed by atoms with Crippen LogP contribution in [0.25, 0.3) is 0 Å². The molecule has 24 heavy (non-hydrogen) atoms. The van der Waals surface area contributed by atoms with Gasteiger partial charge in [0.15, 0.2) is 0 Å². The molecule has 0 spiro atoms. The summed E-state index contributed by atoms with van der Waals surface area (Å²) in [7, 11) is 1.68. The lowest BCUT2D eigenvalue weighted by Gasteiger charge is -2.27. The van der Waals surface area contributed by atoms with Gasteiger partial charge in [-0.05, 0) is 67.8 Å². The third kappa shape index (κ3) is 5.82. The number of piperidine rings is 1. The van der Waals surface area contributed by atoms with E-state index in [0.29, 0.717) is 24.2 Å². The number of nitrogens with one attached hydrogen (secondary N) is 2. The van der Waals surface area contributed by atoms with E-state index in [4.69, 9.17) is 4.74 Å². The highest BCUT2D eigenvalue weighted by atomic mass is 16.5. The molecule has 1 aliphatic heterocycles. The molecule has 2 N–H and O–H groups in total. The van der Waals surface area contributed by atoms with Gasteiger partial charge in [-0.15, -0.1) is 0 Å². The second kappa shape index (κ2) is 9.67. The van der Waals surface area contributed by atoms with Crippen LogP contribution in [0.2, 0.25) is 0 Å². The predicted molar refractivity (Wildman–Crippen MR) is 98.4 cm³/mol. The molecule has 1 aromatic rings. The van der Waals surface area contributed by atoms with Crippen molar-refractivity contribution in [1.82, 2.24) is 10.6 Å². The van der Waals surface area contributed by atoms with Crippen molar-refractivity contribution in [2.75, 3.05) is 26.7 Å². The molecule has 0 bridgehead atoms. The molecule has 1 saturated heterocycles. The molecule has 2 unspecified atom stereocenters. The average molecular weight is 332 g/mol. The summed E-state index contributed by atoms with van der Waals surface area (Å²) in [6.07, 6.45) is 4.01. The molecule has 134 valence electrons. The fourth-order valence-corrected chi connectivity index (χ4v) is 3.47.